The van der Waals surface area contributed by atoms with E-state index in [9.17, 15) is 14.4 Å². The number of hydrogen-bond donors (Lipinski definition) is 2. The van der Waals surface area contributed by atoms with Gasteiger partial charge in [0.05, 0.1) is 23.8 Å². The minimum absolute atomic E-state index is 0.0991. The number of nitrogens with two attached hydrogens (primary N) is 2. The maximum absolute atomic E-state index is 12.2. The maximum atomic E-state index is 12.2. The number of nitrogens with zero attached hydrogens (tertiary/aromatic N) is 8. The molecular weight excluding hydrogens is 560 g/mol. The van der Waals surface area contributed by atoms with Crippen molar-refractivity contribution in [2.75, 3.05) is 13.1 Å². The fourth-order valence-corrected chi connectivity index (χ4v) is 3.70. The predicted octanol–water partition coefficient (Wildman–Crippen LogP) is 0.873. The van der Waals surface area contributed by atoms with Crippen molar-refractivity contribution in [1.82, 2.24) is 39.9 Å². The van der Waals surface area contributed by atoms with Gasteiger partial charge in [0.1, 0.15) is 36.4 Å². The Hall–Kier alpha value is -4.05. The van der Waals surface area contributed by atoms with E-state index in [1.165, 1.54) is 15.6 Å². The van der Waals surface area contributed by atoms with Gasteiger partial charge in [0.25, 0.3) is 0 Å². The number of aromatic nitrogens is 6. The zero-order chi connectivity index (χ0) is 32.6. The second-order valence-electron chi connectivity index (χ2n) is 13.1. The highest BCUT2D eigenvalue weighted by atomic mass is 16.6. The molecule has 0 aliphatic rings. The fraction of sp³-hybridized carbons (Fsp3) is 0.667. The van der Waals surface area contributed by atoms with Crippen LogP contribution in [0.4, 0.5) is 0 Å². The average molecular weight is 607 g/mol. The predicted molar refractivity (Wildman–Crippen MR) is 155 cm³/mol. The number of carbonyl (C=O) groups excluding carboxylic acids is 3. The summed E-state index contributed by atoms with van der Waals surface area (Å²) in [7, 11) is 0. The number of hydrazine groups is 1. The maximum Gasteiger partial charge on any atom is 0.328 e. The SMILES string of the molecule is CC(C)(C)OC(=O)CN(N)/C=C(\N)CN(Cc1cn(CC(=O)OC(C)(C)C)nn1)Cc1cn(CC(=O)OC(C)(C)C)nn1. The third kappa shape index (κ3) is 15.1. The van der Waals surface area contributed by atoms with Crippen LogP contribution in [0.2, 0.25) is 0 Å². The van der Waals surface area contributed by atoms with E-state index in [-0.39, 0.29) is 39.3 Å². The summed E-state index contributed by atoms with van der Waals surface area (Å²) in [5, 5.41) is 17.6. The Morgan fingerprint density at radius 2 is 1.14 bits per heavy atom. The van der Waals surface area contributed by atoms with E-state index in [0.717, 1.165) is 5.01 Å². The van der Waals surface area contributed by atoms with Crippen LogP contribution in [0.5, 0.6) is 0 Å². The number of esters is 3. The average Bonchev–Trinajstić information content (AvgIpc) is 3.38. The number of hydrogen-bond acceptors (Lipinski definition) is 14. The molecule has 0 spiro atoms. The summed E-state index contributed by atoms with van der Waals surface area (Å²) in [6.45, 7) is 16.3. The first-order valence-corrected chi connectivity index (χ1v) is 13.8. The monoisotopic (exact) mass is 606 g/mol. The van der Waals surface area contributed by atoms with Gasteiger partial charge in [-0.3, -0.25) is 19.3 Å². The summed E-state index contributed by atoms with van der Waals surface area (Å²) < 4.78 is 18.8. The smallest absolute Gasteiger partial charge is 0.328 e. The lowest BCUT2D eigenvalue weighted by Crippen LogP contribution is -2.37. The van der Waals surface area contributed by atoms with Crippen LogP contribution in [-0.4, -0.2) is 87.7 Å². The molecule has 4 N–H and O–H groups in total. The van der Waals surface area contributed by atoms with Crippen molar-refractivity contribution in [1.29, 1.82) is 0 Å². The van der Waals surface area contributed by atoms with Gasteiger partial charge < -0.3 is 25.0 Å². The third-order valence-corrected chi connectivity index (χ3v) is 4.84. The van der Waals surface area contributed by atoms with Crippen LogP contribution in [0.1, 0.15) is 73.7 Å². The van der Waals surface area contributed by atoms with Crippen LogP contribution in [0.25, 0.3) is 0 Å². The van der Waals surface area contributed by atoms with Crippen LogP contribution in [0.3, 0.4) is 0 Å². The molecule has 0 fully saturated rings. The molecule has 240 valence electrons. The van der Waals surface area contributed by atoms with Gasteiger partial charge in [0, 0.05) is 31.5 Å². The Morgan fingerprint density at radius 1 is 0.744 bits per heavy atom. The van der Waals surface area contributed by atoms with Crippen LogP contribution < -0.4 is 11.6 Å². The van der Waals surface area contributed by atoms with E-state index in [1.807, 2.05) is 4.90 Å². The van der Waals surface area contributed by atoms with Crippen molar-refractivity contribution in [2.24, 2.45) is 11.6 Å². The molecule has 0 aliphatic heterocycles. The summed E-state index contributed by atoms with van der Waals surface area (Å²) in [4.78, 5) is 38.5. The molecule has 0 bridgehead atoms. The minimum Gasteiger partial charge on any atom is -0.459 e. The molecule has 2 aromatic rings. The first-order chi connectivity index (χ1) is 19.7. The first-order valence-electron chi connectivity index (χ1n) is 13.8. The van der Waals surface area contributed by atoms with Gasteiger partial charge in [-0.2, -0.15) is 0 Å². The first kappa shape index (κ1) is 35.1. The topological polar surface area (TPSA) is 199 Å². The van der Waals surface area contributed by atoms with Crippen molar-refractivity contribution in [3.63, 3.8) is 0 Å². The molecule has 43 heavy (non-hydrogen) atoms. The summed E-state index contributed by atoms with van der Waals surface area (Å²) in [5.74, 6) is 4.60. The van der Waals surface area contributed by atoms with Crippen molar-refractivity contribution >= 4 is 17.9 Å². The highest BCUT2D eigenvalue weighted by Crippen LogP contribution is 2.12. The Balaban J connectivity index is 2.15. The fourth-order valence-electron chi connectivity index (χ4n) is 3.70. The summed E-state index contributed by atoms with van der Waals surface area (Å²) >= 11 is 0. The Morgan fingerprint density at radius 3 is 1.53 bits per heavy atom. The number of ether oxygens (including phenoxy) is 3. The van der Waals surface area contributed by atoms with Crippen LogP contribution in [-0.2, 0) is 54.8 Å². The molecule has 16 nitrogen and oxygen atoms in total. The zero-order valence-corrected chi connectivity index (χ0v) is 26.7. The Kier molecular flexibility index (Phi) is 11.8. The lowest BCUT2D eigenvalue weighted by atomic mass is 10.2. The van der Waals surface area contributed by atoms with E-state index < -0.39 is 34.7 Å². The normalized spacial score (nSPS) is 12.8. The Labute approximate surface area is 252 Å². The Bertz CT molecular complexity index is 1200. The van der Waals surface area contributed by atoms with E-state index >= 15 is 0 Å². The van der Waals surface area contributed by atoms with Crippen LogP contribution in [0, 0.1) is 0 Å². The molecule has 16 heteroatoms. The highest BCUT2D eigenvalue weighted by Gasteiger charge is 2.21. The van der Waals surface area contributed by atoms with Crippen molar-refractivity contribution in [3.05, 3.63) is 35.7 Å². The second kappa shape index (κ2) is 14.4. The molecule has 0 aromatic carbocycles. The summed E-state index contributed by atoms with van der Waals surface area (Å²) in [6, 6.07) is 0. The molecule has 0 radical (unpaired) electrons. The summed E-state index contributed by atoms with van der Waals surface area (Å²) in [6.07, 6.45) is 4.71. The highest BCUT2D eigenvalue weighted by molar-refractivity contribution is 5.72. The molecule has 0 unspecified atom stereocenters. The lowest BCUT2D eigenvalue weighted by molar-refractivity contribution is -0.157. The van der Waals surface area contributed by atoms with Crippen molar-refractivity contribution in [3.8, 4) is 0 Å². The van der Waals surface area contributed by atoms with E-state index in [4.69, 9.17) is 25.8 Å². The van der Waals surface area contributed by atoms with Gasteiger partial charge in [0.15, 0.2) is 0 Å². The zero-order valence-electron chi connectivity index (χ0n) is 26.7. The number of rotatable bonds is 13. The van der Waals surface area contributed by atoms with Crippen LogP contribution >= 0.6 is 0 Å². The molecule has 0 saturated heterocycles. The van der Waals surface area contributed by atoms with E-state index in [1.54, 1.807) is 74.7 Å². The van der Waals surface area contributed by atoms with Gasteiger partial charge in [-0.15, -0.1) is 10.2 Å². The van der Waals surface area contributed by atoms with Crippen molar-refractivity contribution < 1.29 is 28.6 Å². The standard InChI is InChI=1S/C27H46N10O6/c1-25(2,3)41-22(38)16-35(29)11-19(28)10-34(12-20-14-36(32-30-20)17-23(39)42-26(4,5)6)13-21-15-37(33-31-21)18-24(40)43-27(7,8)9/h11,14-15H,10,12-13,16-18,28-29H2,1-9H3/b19-11-. The van der Waals surface area contributed by atoms with Gasteiger partial charge in [-0.1, -0.05) is 10.4 Å². The molecule has 2 rings (SSSR count). The van der Waals surface area contributed by atoms with Gasteiger partial charge >= 0.3 is 17.9 Å². The van der Waals surface area contributed by atoms with Gasteiger partial charge in [-0.25, -0.2) is 15.2 Å². The molecule has 0 saturated carbocycles. The molecule has 2 aromatic heterocycles. The van der Waals surface area contributed by atoms with E-state index in [0.29, 0.717) is 17.1 Å². The molecule has 0 amide bonds. The molecule has 0 atom stereocenters. The minimum atomic E-state index is -0.647. The van der Waals surface area contributed by atoms with Crippen LogP contribution in [0.15, 0.2) is 24.3 Å². The van der Waals surface area contributed by atoms with E-state index in [2.05, 4.69) is 20.6 Å². The third-order valence-electron chi connectivity index (χ3n) is 4.84. The largest absolute Gasteiger partial charge is 0.459 e. The molecule has 0 aliphatic carbocycles. The van der Waals surface area contributed by atoms with Gasteiger partial charge in [0.2, 0.25) is 0 Å². The lowest BCUT2D eigenvalue weighted by Gasteiger charge is -2.23. The summed E-state index contributed by atoms with van der Waals surface area (Å²) in [5.41, 5.74) is 5.84. The van der Waals surface area contributed by atoms with Crippen molar-refractivity contribution in [2.45, 2.75) is 105 Å². The molecule has 2 heterocycles. The number of carbonyl (C=O) groups is 3. The second-order valence-corrected chi connectivity index (χ2v) is 13.1. The molecular formula is C27H46N10O6. The van der Waals surface area contributed by atoms with Gasteiger partial charge in [-0.05, 0) is 62.3 Å². The quantitative estimate of drug-likeness (QED) is 0.141.